The summed E-state index contributed by atoms with van der Waals surface area (Å²) in [4.78, 5) is 18.6. The molecule has 0 aliphatic carbocycles. The van der Waals surface area contributed by atoms with E-state index in [1.54, 1.807) is 4.90 Å². The minimum atomic E-state index is 0.220. The number of carbonyl (C=O) groups is 1. The van der Waals surface area contributed by atoms with Gasteiger partial charge in [-0.25, -0.2) is 0 Å². The molecule has 0 bridgehead atoms. The Labute approximate surface area is 127 Å². The van der Waals surface area contributed by atoms with Crippen molar-refractivity contribution in [2.45, 2.75) is 31.5 Å². The average molecular weight is 287 g/mol. The normalized spacial score (nSPS) is 26.0. The van der Waals surface area contributed by atoms with E-state index < -0.39 is 0 Å². The zero-order valence-electron chi connectivity index (χ0n) is 13.0. The lowest BCUT2D eigenvalue weighted by Crippen LogP contribution is -2.41. The Morgan fingerprint density at radius 2 is 1.71 bits per heavy atom. The SMILES string of the molecule is CN(C)C(=O)CN1CC[C@@H]2[C@H]1CCN2Cc1ccccc1. The van der Waals surface area contributed by atoms with Crippen LogP contribution in [0.15, 0.2) is 30.3 Å². The molecule has 2 atom stereocenters. The Bertz CT molecular complexity index is 488. The van der Waals surface area contributed by atoms with E-state index in [0.717, 1.165) is 19.6 Å². The van der Waals surface area contributed by atoms with Crippen molar-refractivity contribution in [2.24, 2.45) is 0 Å². The van der Waals surface area contributed by atoms with Crippen molar-refractivity contribution in [1.29, 1.82) is 0 Å². The van der Waals surface area contributed by atoms with Crippen molar-refractivity contribution in [3.05, 3.63) is 35.9 Å². The van der Waals surface area contributed by atoms with E-state index in [1.165, 1.54) is 18.4 Å². The number of benzene rings is 1. The van der Waals surface area contributed by atoms with Gasteiger partial charge in [0.15, 0.2) is 0 Å². The molecule has 1 aromatic rings. The van der Waals surface area contributed by atoms with Crippen LogP contribution in [0.2, 0.25) is 0 Å². The molecule has 2 fully saturated rings. The molecular weight excluding hydrogens is 262 g/mol. The van der Waals surface area contributed by atoms with Crippen LogP contribution in [-0.4, -0.2) is 66.4 Å². The van der Waals surface area contributed by atoms with E-state index in [0.29, 0.717) is 18.6 Å². The Morgan fingerprint density at radius 3 is 2.38 bits per heavy atom. The molecule has 4 heteroatoms. The Kier molecular flexibility index (Phi) is 4.27. The Morgan fingerprint density at radius 1 is 1.10 bits per heavy atom. The quantitative estimate of drug-likeness (QED) is 0.838. The van der Waals surface area contributed by atoms with Crippen molar-refractivity contribution < 1.29 is 4.79 Å². The minimum absolute atomic E-state index is 0.220. The van der Waals surface area contributed by atoms with Crippen LogP contribution >= 0.6 is 0 Å². The van der Waals surface area contributed by atoms with Gasteiger partial charge in [0.25, 0.3) is 0 Å². The third-order valence-corrected chi connectivity index (χ3v) is 4.87. The number of nitrogens with zero attached hydrogens (tertiary/aromatic N) is 3. The summed E-state index contributed by atoms with van der Waals surface area (Å²) in [6, 6.07) is 11.9. The molecular formula is C17H25N3O. The molecule has 1 aromatic carbocycles. The molecule has 2 heterocycles. The van der Waals surface area contributed by atoms with Gasteiger partial charge >= 0.3 is 0 Å². The first kappa shape index (κ1) is 14.5. The molecule has 1 amide bonds. The summed E-state index contributed by atoms with van der Waals surface area (Å²) >= 11 is 0. The van der Waals surface area contributed by atoms with Gasteiger partial charge in [0.05, 0.1) is 6.54 Å². The van der Waals surface area contributed by atoms with Gasteiger partial charge in [-0.05, 0) is 18.4 Å². The number of hydrogen-bond acceptors (Lipinski definition) is 3. The summed E-state index contributed by atoms with van der Waals surface area (Å²) < 4.78 is 0. The predicted octanol–water partition coefficient (Wildman–Crippen LogP) is 1.42. The second-order valence-corrected chi connectivity index (χ2v) is 6.43. The number of likely N-dealkylation sites (tertiary alicyclic amines) is 2. The molecule has 3 rings (SSSR count). The molecule has 21 heavy (non-hydrogen) atoms. The van der Waals surface area contributed by atoms with Gasteiger partial charge in [-0.1, -0.05) is 30.3 Å². The van der Waals surface area contributed by atoms with E-state index in [4.69, 9.17) is 0 Å². The highest BCUT2D eigenvalue weighted by atomic mass is 16.2. The molecule has 0 aromatic heterocycles. The summed E-state index contributed by atoms with van der Waals surface area (Å²) in [5.41, 5.74) is 1.39. The number of carbonyl (C=O) groups excluding carboxylic acids is 1. The van der Waals surface area contributed by atoms with Crippen LogP contribution in [0.3, 0.4) is 0 Å². The molecule has 0 radical (unpaired) electrons. The number of amides is 1. The summed E-state index contributed by atoms with van der Waals surface area (Å²) in [6.07, 6.45) is 2.39. The zero-order valence-corrected chi connectivity index (χ0v) is 13.0. The fourth-order valence-electron chi connectivity index (χ4n) is 3.69. The number of likely N-dealkylation sites (N-methyl/N-ethyl adjacent to an activating group) is 1. The lowest BCUT2D eigenvalue weighted by Gasteiger charge is -2.26. The monoisotopic (exact) mass is 287 g/mol. The summed E-state index contributed by atoms with van der Waals surface area (Å²) in [5.74, 6) is 0.220. The highest BCUT2D eigenvalue weighted by Gasteiger charge is 2.42. The number of hydrogen-bond donors (Lipinski definition) is 0. The Balaban J connectivity index is 1.60. The van der Waals surface area contributed by atoms with Crippen LogP contribution in [0, 0.1) is 0 Å². The van der Waals surface area contributed by atoms with Gasteiger partial charge in [-0.15, -0.1) is 0 Å². The molecule has 0 N–H and O–H groups in total. The van der Waals surface area contributed by atoms with Gasteiger partial charge in [0, 0.05) is 45.8 Å². The second-order valence-electron chi connectivity index (χ2n) is 6.43. The van der Waals surface area contributed by atoms with E-state index in [-0.39, 0.29) is 5.91 Å². The molecule has 0 spiro atoms. The predicted molar refractivity (Wildman–Crippen MR) is 83.9 cm³/mol. The second kappa shape index (κ2) is 6.16. The van der Waals surface area contributed by atoms with Crippen molar-refractivity contribution in [2.75, 3.05) is 33.7 Å². The van der Waals surface area contributed by atoms with Gasteiger partial charge in [-0.3, -0.25) is 14.6 Å². The summed E-state index contributed by atoms with van der Waals surface area (Å²) in [5, 5.41) is 0. The smallest absolute Gasteiger partial charge is 0.236 e. The highest BCUT2D eigenvalue weighted by Crippen LogP contribution is 2.32. The van der Waals surface area contributed by atoms with Crippen LogP contribution in [-0.2, 0) is 11.3 Å². The van der Waals surface area contributed by atoms with Crippen LogP contribution in [0.4, 0.5) is 0 Å². The van der Waals surface area contributed by atoms with Crippen molar-refractivity contribution in [3.8, 4) is 0 Å². The first-order valence-corrected chi connectivity index (χ1v) is 7.87. The lowest BCUT2D eigenvalue weighted by atomic mass is 10.1. The third kappa shape index (κ3) is 3.11. The maximum Gasteiger partial charge on any atom is 0.236 e. The molecule has 2 aliphatic rings. The van der Waals surface area contributed by atoms with E-state index in [2.05, 4.69) is 40.1 Å². The third-order valence-electron chi connectivity index (χ3n) is 4.87. The topological polar surface area (TPSA) is 26.8 Å². The minimum Gasteiger partial charge on any atom is -0.348 e. The maximum atomic E-state index is 11.9. The van der Waals surface area contributed by atoms with Gasteiger partial charge in [0.2, 0.25) is 5.91 Å². The summed E-state index contributed by atoms with van der Waals surface area (Å²) in [6.45, 7) is 3.82. The van der Waals surface area contributed by atoms with Crippen molar-refractivity contribution in [1.82, 2.24) is 14.7 Å². The Hall–Kier alpha value is -1.39. The van der Waals surface area contributed by atoms with E-state index in [1.807, 2.05) is 14.1 Å². The number of fused-ring (bicyclic) bond motifs is 1. The molecule has 0 saturated carbocycles. The summed E-state index contributed by atoms with van der Waals surface area (Å²) in [7, 11) is 3.68. The van der Waals surface area contributed by atoms with Crippen molar-refractivity contribution in [3.63, 3.8) is 0 Å². The van der Waals surface area contributed by atoms with Crippen molar-refractivity contribution >= 4 is 5.91 Å². The van der Waals surface area contributed by atoms with Crippen LogP contribution in [0.1, 0.15) is 18.4 Å². The standard InChI is InChI=1S/C17H25N3O/c1-18(2)17(21)13-20-11-9-15-16(20)8-10-19(15)12-14-6-4-3-5-7-14/h3-7,15-16H,8-13H2,1-2H3/t15-,16-/m1/s1. The zero-order chi connectivity index (χ0) is 14.8. The van der Waals surface area contributed by atoms with Crippen LogP contribution in [0.25, 0.3) is 0 Å². The highest BCUT2D eigenvalue weighted by molar-refractivity contribution is 5.77. The van der Waals surface area contributed by atoms with Gasteiger partial charge in [0.1, 0.15) is 0 Å². The number of rotatable bonds is 4. The maximum absolute atomic E-state index is 11.9. The van der Waals surface area contributed by atoms with Gasteiger partial charge < -0.3 is 4.90 Å². The first-order chi connectivity index (χ1) is 10.1. The first-order valence-electron chi connectivity index (χ1n) is 7.87. The molecule has 0 unspecified atom stereocenters. The largest absolute Gasteiger partial charge is 0.348 e. The molecule has 2 aliphatic heterocycles. The fourth-order valence-corrected chi connectivity index (χ4v) is 3.69. The fraction of sp³-hybridized carbons (Fsp3) is 0.588. The van der Waals surface area contributed by atoms with Gasteiger partial charge in [-0.2, -0.15) is 0 Å². The van der Waals surface area contributed by atoms with E-state index in [9.17, 15) is 4.79 Å². The van der Waals surface area contributed by atoms with Crippen LogP contribution < -0.4 is 0 Å². The molecule has 114 valence electrons. The molecule has 4 nitrogen and oxygen atoms in total. The molecule has 2 saturated heterocycles. The lowest BCUT2D eigenvalue weighted by molar-refractivity contribution is -0.130. The van der Waals surface area contributed by atoms with Crippen LogP contribution in [0.5, 0.6) is 0 Å². The average Bonchev–Trinajstić information content (AvgIpc) is 3.04. The van der Waals surface area contributed by atoms with E-state index >= 15 is 0 Å².